The fourth-order valence-electron chi connectivity index (χ4n) is 2.80. The third-order valence-corrected chi connectivity index (χ3v) is 5.21. The number of thiophene rings is 1. The molecule has 0 atom stereocenters. The highest BCUT2D eigenvalue weighted by Crippen LogP contribution is 2.30. The van der Waals surface area contributed by atoms with E-state index in [1.54, 1.807) is 42.1 Å². The van der Waals surface area contributed by atoms with Gasteiger partial charge >= 0.3 is 0 Å². The van der Waals surface area contributed by atoms with E-state index in [-0.39, 0.29) is 5.91 Å². The Balaban J connectivity index is 1.44. The first-order valence-electron chi connectivity index (χ1n) is 8.98. The summed E-state index contributed by atoms with van der Waals surface area (Å²) in [7, 11) is 0. The zero-order valence-electron chi connectivity index (χ0n) is 15.4. The SMILES string of the molecule is Nc1ccc(-c2cccs2)cc1NC(=O)/C=C/c1ccc(-c2cccnc2)nc1. The van der Waals surface area contributed by atoms with E-state index in [2.05, 4.69) is 15.3 Å². The lowest BCUT2D eigenvalue weighted by Crippen LogP contribution is -2.09. The van der Waals surface area contributed by atoms with Gasteiger partial charge in [-0.15, -0.1) is 11.3 Å². The van der Waals surface area contributed by atoms with Gasteiger partial charge in [0.25, 0.3) is 0 Å². The van der Waals surface area contributed by atoms with Crippen molar-refractivity contribution in [3.8, 4) is 21.7 Å². The largest absolute Gasteiger partial charge is 0.397 e. The summed E-state index contributed by atoms with van der Waals surface area (Å²) in [5.74, 6) is -0.253. The first-order chi connectivity index (χ1) is 14.2. The van der Waals surface area contributed by atoms with Crippen LogP contribution in [0, 0.1) is 0 Å². The summed E-state index contributed by atoms with van der Waals surface area (Å²) in [6, 6.07) is 17.3. The second kappa shape index (κ2) is 8.50. The summed E-state index contributed by atoms with van der Waals surface area (Å²) >= 11 is 1.64. The predicted octanol–water partition coefficient (Wildman–Crippen LogP) is 5.11. The summed E-state index contributed by atoms with van der Waals surface area (Å²) < 4.78 is 0. The Labute approximate surface area is 172 Å². The molecule has 0 saturated heterocycles. The minimum Gasteiger partial charge on any atom is -0.397 e. The van der Waals surface area contributed by atoms with Crippen molar-refractivity contribution in [3.63, 3.8) is 0 Å². The Morgan fingerprint density at radius 1 is 1.03 bits per heavy atom. The molecule has 0 bridgehead atoms. The van der Waals surface area contributed by atoms with Crippen molar-refractivity contribution >= 4 is 34.7 Å². The van der Waals surface area contributed by atoms with Gasteiger partial charge in [-0.3, -0.25) is 14.8 Å². The molecule has 5 nitrogen and oxygen atoms in total. The van der Waals surface area contributed by atoms with E-state index in [1.165, 1.54) is 6.08 Å². The molecule has 0 aliphatic rings. The number of carbonyl (C=O) groups excluding carboxylic acids is 1. The average Bonchev–Trinajstić information content (AvgIpc) is 3.30. The first kappa shape index (κ1) is 18.6. The van der Waals surface area contributed by atoms with E-state index in [4.69, 9.17) is 5.73 Å². The standard InChI is InChI=1S/C23H18N4OS/c24-19-8-7-17(22-4-2-12-29-22)13-21(19)27-23(28)10-6-16-5-9-20(26-14-16)18-3-1-11-25-15-18/h1-15H,24H2,(H,27,28)/b10-6+. The maximum absolute atomic E-state index is 12.3. The molecule has 3 N–H and O–H groups in total. The van der Waals surface area contributed by atoms with Gasteiger partial charge in [-0.2, -0.15) is 0 Å². The number of hydrogen-bond donors (Lipinski definition) is 2. The van der Waals surface area contributed by atoms with Gasteiger partial charge in [0.05, 0.1) is 17.1 Å². The first-order valence-corrected chi connectivity index (χ1v) is 9.86. The molecule has 0 unspecified atom stereocenters. The van der Waals surface area contributed by atoms with Gasteiger partial charge in [-0.25, -0.2) is 0 Å². The van der Waals surface area contributed by atoms with Gasteiger partial charge in [0.2, 0.25) is 5.91 Å². The highest BCUT2D eigenvalue weighted by molar-refractivity contribution is 7.13. The number of carbonyl (C=O) groups is 1. The van der Waals surface area contributed by atoms with Gasteiger partial charge in [0, 0.05) is 35.1 Å². The Kier molecular flexibility index (Phi) is 5.45. The summed E-state index contributed by atoms with van der Waals surface area (Å²) in [6.07, 6.45) is 8.40. The molecule has 0 fully saturated rings. The van der Waals surface area contributed by atoms with Crippen molar-refractivity contribution in [2.45, 2.75) is 0 Å². The van der Waals surface area contributed by atoms with E-state index in [0.29, 0.717) is 11.4 Å². The van der Waals surface area contributed by atoms with Crippen molar-refractivity contribution in [1.82, 2.24) is 9.97 Å². The van der Waals surface area contributed by atoms with Crippen LogP contribution < -0.4 is 11.1 Å². The molecule has 3 aromatic heterocycles. The molecule has 4 aromatic rings. The van der Waals surface area contributed by atoms with Crippen molar-refractivity contribution in [2.75, 3.05) is 11.1 Å². The molecule has 0 spiro atoms. The Hall–Kier alpha value is -3.77. The highest BCUT2D eigenvalue weighted by Gasteiger charge is 2.06. The molecule has 0 radical (unpaired) electrons. The van der Waals surface area contributed by atoms with Crippen LogP contribution in [0.4, 0.5) is 11.4 Å². The summed E-state index contributed by atoms with van der Waals surface area (Å²) in [6.45, 7) is 0. The minimum atomic E-state index is -0.253. The van der Waals surface area contributed by atoms with E-state index >= 15 is 0 Å². The molecular weight excluding hydrogens is 380 g/mol. The molecule has 4 rings (SSSR count). The monoisotopic (exact) mass is 398 g/mol. The molecule has 1 amide bonds. The summed E-state index contributed by atoms with van der Waals surface area (Å²) in [5.41, 5.74) is 10.8. The van der Waals surface area contributed by atoms with Gasteiger partial charge in [0.1, 0.15) is 0 Å². The zero-order chi connectivity index (χ0) is 20.1. The minimum absolute atomic E-state index is 0.253. The number of nitrogens with one attached hydrogen (secondary N) is 1. The summed E-state index contributed by atoms with van der Waals surface area (Å²) in [5, 5.41) is 4.86. The van der Waals surface area contributed by atoms with Gasteiger partial charge < -0.3 is 11.1 Å². The molecule has 0 aliphatic heterocycles. The average molecular weight is 398 g/mol. The zero-order valence-corrected chi connectivity index (χ0v) is 16.3. The molecule has 29 heavy (non-hydrogen) atoms. The molecule has 142 valence electrons. The van der Waals surface area contributed by atoms with Crippen molar-refractivity contribution in [1.29, 1.82) is 0 Å². The Morgan fingerprint density at radius 3 is 2.69 bits per heavy atom. The van der Waals surface area contributed by atoms with Gasteiger partial charge in [-0.05, 0) is 59.0 Å². The van der Waals surface area contributed by atoms with Crippen LogP contribution in [-0.4, -0.2) is 15.9 Å². The number of anilines is 2. The Morgan fingerprint density at radius 2 is 1.97 bits per heavy atom. The molecule has 6 heteroatoms. The van der Waals surface area contributed by atoms with Crippen molar-refractivity contribution in [3.05, 3.63) is 90.2 Å². The van der Waals surface area contributed by atoms with Crippen LogP contribution in [0.3, 0.4) is 0 Å². The number of amides is 1. The van der Waals surface area contributed by atoms with E-state index in [1.807, 2.05) is 53.9 Å². The second-order valence-corrected chi connectivity index (χ2v) is 7.27. The number of nitrogens with zero attached hydrogens (tertiary/aromatic N) is 2. The van der Waals surface area contributed by atoms with Crippen LogP contribution in [0.25, 0.3) is 27.8 Å². The predicted molar refractivity (Wildman–Crippen MR) is 119 cm³/mol. The van der Waals surface area contributed by atoms with Crippen LogP contribution in [0.2, 0.25) is 0 Å². The Bertz CT molecular complexity index is 1140. The molecular formula is C23H18N4OS. The second-order valence-electron chi connectivity index (χ2n) is 6.32. The van der Waals surface area contributed by atoms with E-state index in [9.17, 15) is 4.79 Å². The number of nitrogen functional groups attached to an aromatic ring is 1. The van der Waals surface area contributed by atoms with Crippen molar-refractivity contribution in [2.24, 2.45) is 0 Å². The van der Waals surface area contributed by atoms with E-state index < -0.39 is 0 Å². The fraction of sp³-hybridized carbons (Fsp3) is 0. The number of aromatic nitrogens is 2. The van der Waals surface area contributed by atoms with Crippen LogP contribution in [0.15, 0.2) is 84.6 Å². The third-order valence-electron chi connectivity index (χ3n) is 4.29. The third kappa shape index (κ3) is 4.56. The number of nitrogens with two attached hydrogens (primary N) is 1. The normalized spacial score (nSPS) is 10.9. The van der Waals surface area contributed by atoms with Gasteiger partial charge in [0.15, 0.2) is 0 Å². The van der Waals surface area contributed by atoms with Crippen molar-refractivity contribution < 1.29 is 4.79 Å². The van der Waals surface area contributed by atoms with Crippen LogP contribution in [0.5, 0.6) is 0 Å². The molecule has 0 saturated carbocycles. The summed E-state index contributed by atoms with van der Waals surface area (Å²) in [4.78, 5) is 22.0. The van der Waals surface area contributed by atoms with Crippen LogP contribution in [-0.2, 0) is 4.79 Å². The molecule has 1 aromatic carbocycles. The topological polar surface area (TPSA) is 80.9 Å². The number of benzene rings is 1. The number of pyridine rings is 2. The highest BCUT2D eigenvalue weighted by atomic mass is 32.1. The lowest BCUT2D eigenvalue weighted by atomic mass is 10.1. The van der Waals surface area contributed by atoms with E-state index in [0.717, 1.165) is 27.3 Å². The van der Waals surface area contributed by atoms with Gasteiger partial charge in [-0.1, -0.05) is 18.2 Å². The lowest BCUT2D eigenvalue weighted by molar-refractivity contribution is -0.111. The quantitative estimate of drug-likeness (QED) is 0.362. The lowest BCUT2D eigenvalue weighted by Gasteiger charge is -2.08. The van der Waals surface area contributed by atoms with Crippen LogP contribution >= 0.6 is 11.3 Å². The number of hydrogen-bond acceptors (Lipinski definition) is 5. The maximum atomic E-state index is 12.3. The van der Waals surface area contributed by atoms with Crippen LogP contribution in [0.1, 0.15) is 5.56 Å². The number of rotatable bonds is 5. The molecule has 0 aliphatic carbocycles. The molecule has 3 heterocycles. The smallest absolute Gasteiger partial charge is 0.248 e. The fourth-order valence-corrected chi connectivity index (χ4v) is 3.52. The maximum Gasteiger partial charge on any atom is 0.248 e.